The van der Waals surface area contributed by atoms with E-state index in [1.807, 2.05) is 0 Å². The molecule has 0 saturated carbocycles. The number of amides is 1. The van der Waals surface area contributed by atoms with E-state index in [9.17, 15) is 18.0 Å². The zero-order chi connectivity index (χ0) is 20.3. The van der Waals surface area contributed by atoms with E-state index >= 15 is 0 Å². The molecule has 2 heterocycles. The van der Waals surface area contributed by atoms with E-state index in [1.165, 1.54) is 23.5 Å². The van der Waals surface area contributed by atoms with Crippen molar-refractivity contribution in [2.75, 3.05) is 13.7 Å². The minimum absolute atomic E-state index is 0.135. The number of carbonyl (C=O) groups is 2. The number of esters is 1. The number of sulfonamides is 1. The molecule has 10 heteroatoms. The van der Waals surface area contributed by atoms with Crippen LogP contribution < -0.4 is 5.32 Å². The fourth-order valence-electron chi connectivity index (χ4n) is 3.03. The van der Waals surface area contributed by atoms with E-state index in [2.05, 4.69) is 10.1 Å². The van der Waals surface area contributed by atoms with Gasteiger partial charge in [0.1, 0.15) is 10.3 Å². The summed E-state index contributed by atoms with van der Waals surface area (Å²) < 4.78 is 32.0. The number of nitrogens with zero attached hydrogens (tertiary/aromatic N) is 1. The van der Waals surface area contributed by atoms with Crippen LogP contribution in [0.1, 0.15) is 28.8 Å². The topological polar surface area (TPSA) is 92.8 Å². The van der Waals surface area contributed by atoms with Gasteiger partial charge in [0.25, 0.3) is 10.0 Å². The largest absolute Gasteiger partial charge is 0.465 e. The smallest absolute Gasteiger partial charge is 0.337 e. The Morgan fingerprint density at radius 1 is 1.25 bits per heavy atom. The molecule has 1 aromatic carbocycles. The maximum atomic E-state index is 12.8. The predicted octanol–water partition coefficient (Wildman–Crippen LogP) is 2.66. The summed E-state index contributed by atoms with van der Waals surface area (Å²) in [5, 5.41) is 2.78. The summed E-state index contributed by atoms with van der Waals surface area (Å²) >= 11 is 6.83. The molecule has 150 valence electrons. The van der Waals surface area contributed by atoms with Gasteiger partial charge < -0.3 is 10.1 Å². The number of halogens is 1. The predicted molar refractivity (Wildman–Crippen MR) is 106 cm³/mol. The molecule has 1 aliphatic rings. The standard InChI is InChI=1S/C18H19ClN2O5S2/c1-26-18(23)13-6-4-12(5-7-13)11-20-17(22)14-3-2-10-21(14)28(24,25)16-9-8-15(19)27-16/h4-9,14H,2-3,10-11H2,1H3,(H,20,22)/t14-/m1/s1. The van der Waals surface area contributed by atoms with Crippen LogP contribution in [-0.4, -0.2) is 44.3 Å². The molecule has 0 aliphatic carbocycles. The molecular formula is C18H19ClN2O5S2. The molecule has 0 spiro atoms. The van der Waals surface area contributed by atoms with Crippen molar-refractivity contribution in [1.82, 2.24) is 9.62 Å². The Morgan fingerprint density at radius 3 is 2.57 bits per heavy atom. The van der Waals surface area contributed by atoms with Gasteiger partial charge in [-0.1, -0.05) is 23.7 Å². The molecule has 1 saturated heterocycles. The van der Waals surface area contributed by atoms with Gasteiger partial charge in [0.2, 0.25) is 5.91 Å². The van der Waals surface area contributed by atoms with E-state index in [0.29, 0.717) is 29.3 Å². The maximum Gasteiger partial charge on any atom is 0.337 e. The van der Waals surface area contributed by atoms with E-state index in [1.54, 1.807) is 24.3 Å². The first-order chi connectivity index (χ1) is 13.3. The monoisotopic (exact) mass is 442 g/mol. The molecule has 1 aromatic heterocycles. The summed E-state index contributed by atoms with van der Waals surface area (Å²) in [6.45, 7) is 0.527. The van der Waals surface area contributed by atoms with Crippen molar-refractivity contribution in [3.05, 3.63) is 51.9 Å². The number of rotatable bonds is 6. The summed E-state index contributed by atoms with van der Waals surface area (Å²) in [6, 6.07) is 8.88. The van der Waals surface area contributed by atoms with Crippen LogP contribution in [0, 0.1) is 0 Å². The highest BCUT2D eigenvalue weighted by molar-refractivity contribution is 7.91. The Labute approximate surface area is 172 Å². The molecule has 3 rings (SSSR count). The van der Waals surface area contributed by atoms with Gasteiger partial charge in [-0.05, 0) is 42.7 Å². The zero-order valence-electron chi connectivity index (χ0n) is 15.1. The number of thiophene rings is 1. The number of hydrogen-bond donors (Lipinski definition) is 1. The highest BCUT2D eigenvalue weighted by atomic mass is 35.5. The van der Waals surface area contributed by atoms with Crippen molar-refractivity contribution in [2.45, 2.75) is 29.6 Å². The van der Waals surface area contributed by atoms with E-state index < -0.39 is 22.0 Å². The van der Waals surface area contributed by atoms with Gasteiger partial charge in [0.05, 0.1) is 17.0 Å². The molecule has 7 nitrogen and oxygen atoms in total. The first-order valence-electron chi connectivity index (χ1n) is 8.55. The molecule has 1 fully saturated rings. The van der Waals surface area contributed by atoms with E-state index in [4.69, 9.17) is 11.6 Å². The summed E-state index contributed by atoms with van der Waals surface area (Å²) in [6.07, 6.45) is 1.08. The quantitative estimate of drug-likeness (QED) is 0.694. The second kappa shape index (κ2) is 8.60. The lowest BCUT2D eigenvalue weighted by molar-refractivity contribution is -0.124. The van der Waals surface area contributed by atoms with Crippen LogP contribution in [0.25, 0.3) is 0 Å². The van der Waals surface area contributed by atoms with Crippen LogP contribution in [0.5, 0.6) is 0 Å². The Morgan fingerprint density at radius 2 is 1.96 bits per heavy atom. The number of nitrogens with one attached hydrogen (secondary N) is 1. The third-order valence-corrected chi connectivity index (χ3v) is 8.07. The molecule has 0 unspecified atom stereocenters. The Balaban J connectivity index is 1.66. The maximum absolute atomic E-state index is 12.8. The normalized spacial score (nSPS) is 17.4. The highest BCUT2D eigenvalue weighted by Crippen LogP contribution is 2.32. The number of ether oxygens (including phenoxy) is 1. The van der Waals surface area contributed by atoms with Gasteiger partial charge >= 0.3 is 5.97 Å². The Kier molecular flexibility index (Phi) is 6.39. The average molecular weight is 443 g/mol. The van der Waals surface area contributed by atoms with Crippen LogP contribution in [0.4, 0.5) is 0 Å². The van der Waals surface area contributed by atoms with Crippen molar-refractivity contribution >= 4 is 44.8 Å². The van der Waals surface area contributed by atoms with Crippen LogP contribution in [-0.2, 0) is 26.1 Å². The molecule has 1 atom stereocenters. The molecule has 0 bridgehead atoms. The second-order valence-electron chi connectivity index (χ2n) is 6.24. The minimum atomic E-state index is -3.76. The summed E-state index contributed by atoms with van der Waals surface area (Å²) in [5.74, 6) is -0.781. The van der Waals surface area contributed by atoms with Crippen molar-refractivity contribution in [3.63, 3.8) is 0 Å². The van der Waals surface area contributed by atoms with Crippen molar-refractivity contribution < 1.29 is 22.7 Å². The van der Waals surface area contributed by atoms with Crippen molar-refractivity contribution in [2.24, 2.45) is 0 Å². The minimum Gasteiger partial charge on any atom is -0.465 e. The van der Waals surface area contributed by atoms with Gasteiger partial charge in [0.15, 0.2) is 0 Å². The van der Waals surface area contributed by atoms with E-state index in [-0.39, 0.29) is 16.7 Å². The van der Waals surface area contributed by atoms with Gasteiger partial charge in [-0.3, -0.25) is 4.79 Å². The molecule has 1 N–H and O–H groups in total. The lowest BCUT2D eigenvalue weighted by atomic mass is 10.1. The van der Waals surface area contributed by atoms with Gasteiger partial charge in [-0.25, -0.2) is 13.2 Å². The van der Waals surface area contributed by atoms with Crippen molar-refractivity contribution in [1.29, 1.82) is 0 Å². The van der Waals surface area contributed by atoms with Crippen molar-refractivity contribution in [3.8, 4) is 0 Å². The molecule has 1 aliphatic heterocycles. The summed E-state index contributed by atoms with van der Waals surface area (Å²) in [4.78, 5) is 24.1. The number of methoxy groups -OCH3 is 1. The number of carbonyl (C=O) groups excluding carboxylic acids is 2. The van der Waals surface area contributed by atoms with Crippen LogP contribution in [0.2, 0.25) is 4.34 Å². The molecule has 28 heavy (non-hydrogen) atoms. The molecular weight excluding hydrogens is 424 g/mol. The molecule has 0 radical (unpaired) electrons. The lowest BCUT2D eigenvalue weighted by Crippen LogP contribution is -2.45. The third kappa shape index (κ3) is 4.38. The summed E-state index contributed by atoms with van der Waals surface area (Å²) in [5.41, 5.74) is 1.21. The second-order valence-corrected chi connectivity index (χ2v) is 10.1. The first kappa shape index (κ1) is 20.8. The van der Waals surface area contributed by atoms with Crippen LogP contribution in [0.3, 0.4) is 0 Å². The van der Waals surface area contributed by atoms with Gasteiger partial charge in [-0.15, -0.1) is 11.3 Å². The summed E-state index contributed by atoms with van der Waals surface area (Å²) in [7, 11) is -2.45. The fraction of sp³-hybridized carbons (Fsp3) is 0.333. The third-order valence-electron chi connectivity index (χ3n) is 4.46. The average Bonchev–Trinajstić information content (AvgIpc) is 3.35. The number of hydrogen-bond acceptors (Lipinski definition) is 6. The lowest BCUT2D eigenvalue weighted by Gasteiger charge is -2.22. The number of benzene rings is 1. The Hall–Kier alpha value is -1.94. The first-order valence-corrected chi connectivity index (χ1v) is 11.2. The fourth-order valence-corrected chi connectivity index (χ4v) is 6.29. The van der Waals surface area contributed by atoms with Crippen LogP contribution in [0.15, 0.2) is 40.6 Å². The van der Waals surface area contributed by atoms with Gasteiger partial charge in [0, 0.05) is 13.1 Å². The Bertz CT molecular complexity index is 972. The SMILES string of the molecule is COC(=O)c1ccc(CNC(=O)[C@H]2CCCN2S(=O)(=O)c2ccc(Cl)s2)cc1. The highest BCUT2D eigenvalue weighted by Gasteiger charge is 2.39. The van der Waals surface area contributed by atoms with Crippen LogP contribution >= 0.6 is 22.9 Å². The van der Waals surface area contributed by atoms with E-state index in [0.717, 1.165) is 16.9 Å². The van der Waals surface area contributed by atoms with Gasteiger partial charge in [-0.2, -0.15) is 4.31 Å². The zero-order valence-corrected chi connectivity index (χ0v) is 17.4. The molecule has 2 aromatic rings. The molecule has 1 amide bonds.